The van der Waals surface area contributed by atoms with E-state index >= 15 is 0 Å². The van der Waals surface area contributed by atoms with Gasteiger partial charge in [-0.2, -0.15) is 4.57 Å². The lowest BCUT2D eigenvalue weighted by Gasteiger charge is -2.06. The first-order chi connectivity index (χ1) is 12.5. The molecule has 7 nitrogen and oxygen atoms in total. The number of hydrogen-bond acceptors (Lipinski definition) is 4. The minimum absolute atomic E-state index is 0.0297. The van der Waals surface area contributed by atoms with Crippen molar-refractivity contribution in [1.82, 2.24) is 0 Å². The number of esters is 1. The van der Waals surface area contributed by atoms with Crippen LogP contribution in [0, 0.1) is 0 Å². The summed E-state index contributed by atoms with van der Waals surface area (Å²) in [6, 6.07) is 9.70. The van der Waals surface area contributed by atoms with E-state index in [1.807, 2.05) is 6.92 Å². The highest BCUT2D eigenvalue weighted by molar-refractivity contribution is 5.93. The lowest BCUT2D eigenvalue weighted by molar-refractivity contribution is -0.684. The number of benzene rings is 1. The minimum Gasteiger partial charge on any atom is -0.462 e. The van der Waals surface area contributed by atoms with Crippen LogP contribution in [0.15, 0.2) is 48.8 Å². The van der Waals surface area contributed by atoms with Gasteiger partial charge in [0.1, 0.15) is 5.56 Å². The minimum atomic E-state index is -0.554. The van der Waals surface area contributed by atoms with Crippen LogP contribution < -0.4 is 15.6 Å². The summed E-state index contributed by atoms with van der Waals surface area (Å²) in [7, 11) is 0. The highest BCUT2D eigenvalue weighted by atomic mass is 16.5. The van der Waals surface area contributed by atoms with E-state index in [-0.39, 0.29) is 18.4 Å². The highest BCUT2D eigenvalue weighted by Gasteiger charge is 2.13. The number of carbonyl (C=O) groups is 3. The van der Waals surface area contributed by atoms with Crippen molar-refractivity contribution in [2.45, 2.75) is 26.3 Å². The zero-order chi connectivity index (χ0) is 18.9. The van der Waals surface area contributed by atoms with Crippen molar-refractivity contribution >= 4 is 23.5 Å². The molecule has 0 aliphatic heterocycles. The van der Waals surface area contributed by atoms with E-state index in [1.165, 1.54) is 6.20 Å². The van der Waals surface area contributed by atoms with E-state index in [1.54, 1.807) is 47.2 Å². The summed E-state index contributed by atoms with van der Waals surface area (Å²) in [6.45, 7) is 2.45. The number of nitrogens with zero attached hydrogens (tertiary/aromatic N) is 1. The van der Waals surface area contributed by atoms with E-state index in [9.17, 15) is 14.4 Å². The van der Waals surface area contributed by atoms with Crippen LogP contribution in [0.2, 0.25) is 0 Å². The molecule has 0 saturated carbocycles. The average molecular weight is 356 g/mol. The molecule has 0 aliphatic carbocycles. The summed E-state index contributed by atoms with van der Waals surface area (Å²) >= 11 is 0. The number of aromatic nitrogens is 1. The number of anilines is 1. The summed E-state index contributed by atoms with van der Waals surface area (Å²) in [5.74, 6) is -1.20. The molecular weight excluding hydrogens is 334 g/mol. The van der Waals surface area contributed by atoms with Gasteiger partial charge in [0.15, 0.2) is 12.4 Å². The predicted molar refractivity (Wildman–Crippen MR) is 95.4 cm³/mol. The molecule has 3 N–H and O–H groups in total. The van der Waals surface area contributed by atoms with Crippen LogP contribution in [0.5, 0.6) is 0 Å². The first-order valence-electron chi connectivity index (χ1n) is 8.35. The number of primary amides is 1. The molecule has 2 amide bonds. The van der Waals surface area contributed by atoms with Crippen LogP contribution in [0.1, 0.15) is 40.5 Å². The predicted octanol–water partition coefficient (Wildman–Crippen LogP) is 1.67. The van der Waals surface area contributed by atoms with Gasteiger partial charge in [-0.3, -0.25) is 9.59 Å². The quantitative estimate of drug-likeness (QED) is 0.427. The van der Waals surface area contributed by atoms with E-state index in [0.717, 1.165) is 12.8 Å². The fraction of sp³-hybridized carbons (Fsp3) is 0.263. The Balaban J connectivity index is 1.92. The Morgan fingerprint density at radius 1 is 1.12 bits per heavy atom. The Hall–Kier alpha value is -3.22. The lowest BCUT2D eigenvalue weighted by atomic mass is 10.2. The Morgan fingerprint density at radius 2 is 1.85 bits per heavy atom. The van der Waals surface area contributed by atoms with E-state index in [4.69, 9.17) is 10.5 Å². The number of rotatable bonds is 8. The molecule has 0 atom stereocenters. The monoisotopic (exact) mass is 356 g/mol. The Morgan fingerprint density at radius 3 is 2.50 bits per heavy atom. The number of pyridine rings is 1. The number of nitrogens with two attached hydrogens (primary N) is 1. The van der Waals surface area contributed by atoms with Crippen molar-refractivity contribution in [3.8, 4) is 0 Å². The molecule has 1 aromatic heterocycles. The van der Waals surface area contributed by atoms with Crippen molar-refractivity contribution < 1.29 is 23.7 Å². The summed E-state index contributed by atoms with van der Waals surface area (Å²) < 4.78 is 6.70. The number of unbranched alkanes of at least 4 members (excludes halogenated alkanes) is 1. The normalized spacial score (nSPS) is 10.2. The number of hydrogen-bond donors (Lipinski definition) is 2. The molecule has 2 aromatic rings. The molecule has 0 bridgehead atoms. The van der Waals surface area contributed by atoms with Crippen LogP contribution in [0.25, 0.3) is 0 Å². The molecule has 136 valence electrons. The third-order valence-corrected chi connectivity index (χ3v) is 3.60. The molecule has 1 aromatic carbocycles. The Bertz CT molecular complexity index is 788. The van der Waals surface area contributed by atoms with Crippen molar-refractivity contribution in [2.75, 3.05) is 11.9 Å². The Kier molecular flexibility index (Phi) is 6.84. The summed E-state index contributed by atoms with van der Waals surface area (Å²) in [4.78, 5) is 35.1. The second kappa shape index (κ2) is 9.31. The molecule has 2 rings (SSSR count). The maximum Gasteiger partial charge on any atom is 0.338 e. The van der Waals surface area contributed by atoms with Gasteiger partial charge in [-0.05, 0) is 36.8 Å². The third kappa shape index (κ3) is 5.70. The summed E-state index contributed by atoms with van der Waals surface area (Å²) in [6.07, 6.45) is 4.96. The van der Waals surface area contributed by atoms with Gasteiger partial charge >= 0.3 is 5.97 Å². The highest BCUT2D eigenvalue weighted by Crippen LogP contribution is 2.11. The smallest absolute Gasteiger partial charge is 0.338 e. The zero-order valence-corrected chi connectivity index (χ0v) is 14.6. The molecule has 0 unspecified atom stereocenters. The molecule has 7 heteroatoms. The topological polar surface area (TPSA) is 102 Å². The van der Waals surface area contributed by atoms with Crippen molar-refractivity contribution in [2.24, 2.45) is 5.73 Å². The van der Waals surface area contributed by atoms with E-state index in [2.05, 4.69) is 5.32 Å². The Labute approximate surface area is 151 Å². The number of amides is 2. The largest absolute Gasteiger partial charge is 0.462 e. The molecular formula is C19H22N3O4+. The second-order valence-corrected chi connectivity index (χ2v) is 5.74. The van der Waals surface area contributed by atoms with Crippen LogP contribution in [-0.2, 0) is 16.1 Å². The first-order valence-corrected chi connectivity index (χ1v) is 8.35. The van der Waals surface area contributed by atoms with Crippen molar-refractivity contribution in [1.29, 1.82) is 0 Å². The molecule has 0 saturated heterocycles. The van der Waals surface area contributed by atoms with Gasteiger partial charge in [0.2, 0.25) is 6.54 Å². The van der Waals surface area contributed by atoms with Gasteiger partial charge in [-0.1, -0.05) is 13.3 Å². The number of nitrogens with one attached hydrogen (secondary N) is 1. The molecule has 0 radical (unpaired) electrons. The SMILES string of the molecule is CCCCOC(=O)c1ccc(NC(=O)C[n+]2cccc(C(N)=O)c2)cc1. The molecule has 0 aliphatic rings. The maximum absolute atomic E-state index is 12.1. The standard InChI is InChI=1S/C19H21N3O4/c1-2-3-11-26-19(25)14-6-8-16(9-7-14)21-17(23)13-22-10-4-5-15(12-22)18(20)24/h4-10,12H,2-3,11,13H2,1H3,(H2-,20,21,23,24,25)/p+1. The molecule has 26 heavy (non-hydrogen) atoms. The summed E-state index contributed by atoms with van der Waals surface area (Å²) in [5, 5.41) is 2.73. The fourth-order valence-corrected chi connectivity index (χ4v) is 2.21. The van der Waals surface area contributed by atoms with Gasteiger partial charge < -0.3 is 15.8 Å². The van der Waals surface area contributed by atoms with Gasteiger partial charge in [0, 0.05) is 11.8 Å². The van der Waals surface area contributed by atoms with Crippen LogP contribution in [-0.4, -0.2) is 24.4 Å². The molecule has 0 spiro atoms. The van der Waals surface area contributed by atoms with E-state index in [0.29, 0.717) is 23.4 Å². The first kappa shape index (κ1) is 19.1. The van der Waals surface area contributed by atoms with Crippen molar-refractivity contribution in [3.05, 3.63) is 59.9 Å². The molecule has 0 fully saturated rings. The average Bonchev–Trinajstić information content (AvgIpc) is 2.62. The second-order valence-electron chi connectivity index (χ2n) is 5.74. The van der Waals surface area contributed by atoms with Gasteiger partial charge in [-0.15, -0.1) is 0 Å². The number of carbonyl (C=O) groups excluding carboxylic acids is 3. The lowest BCUT2D eigenvalue weighted by Crippen LogP contribution is -2.40. The fourth-order valence-electron chi connectivity index (χ4n) is 2.21. The zero-order valence-electron chi connectivity index (χ0n) is 14.6. The van der Waals surface area contributed by atoms with Gasteiger partial charge in [0.05, 0.1) is 12.2 Å². The van der Waals surface area contributed by atoms with Crippen LogP contribution >= 0.6 is 0 Å². The van der Waals surface area contributed by atoms with Crippen molar-refractivity contribution in [3.63, 3.8) is 0 Å². The van der Waals surface area contributed by atoms with Crippen LogP contribution in [0.3, 0.4) is 0 Å². The molecule has 1 heterocycles. The van der Waals surface area contributed by atoms with E-state index < -0.39 is 5.91 Å². The summed E-state index contributed by atoms with van der Waals surface area (Å²) in [5.41, 5.74) is 6.54. The maximum atomic E-state index is 12.1. The van der Waals surface area contributed by atoms with Gasteiger partial charge in [-0.25, -0.2) is 4.79 Å². The number of ether oxygens (including phenoxy) is 1. The van der Waals surface area contributed by atoms with Gasteiger partial charge in [0.25, 0.3) is 11.8 Å². The van der Waals surface area contributed by atoms with Crippen LogP contribution in [0.4, 0.5) is 5.69 Å². The third-order valence-electron chi connectivity index (χ3n) is 3.60.